The lowest BCUT2D eigenvalue weighted by atomic mass is 9.85. The van der Waals surface area contributed by atoms with E-state index in [9.17, 15) is 0 Å². The molecule has 2 atom stereocenters. The molecule has 0 spiro atoms. The number of hydrogen-bond donors (Lipinski definition) is 0. The van der Waals surface area contributed by atoms with Gasteiger partial charge in [-0.05, 0) is 5.92 Å². The second kappa shape index (κ2) is 7.01. The zero-order valence-electron chi connectivity index (χ0n) is 10.4. The van der Waals surface area contributed by atoms with Gasteiger partial charge in [-0.3, -0.25) is 0 Å². The average molecular weight is 245 g/mol. The van der Waals surface area contributed by atoms with Crippen molar-refractivity contribution in [3.63, 3.8) is 0 Å². The van der Waals surface area contributed by atoms with Crippen LogP contribution in [0, 0.1) is 5.92 Å². The smallest absolute Gasteiger partial charge is 0.00707 e. The van der Waals surface area contributed by atoms with Gasteiger partial charge in [-0.15, -0.1) is 0 Å². The van der Waals surface area contributed by atoms with Gasteiger partial charge in [0.15, 0.2) is 0 Å². The van der Waals surface area contributed by atoms with Crippen LogP contribution in [0.15, 0.2) is 0 Å². The molecule has 0 saturated heterocycles. The molecule has 0 aromatic carbocycles. The first-order chi connectivity index (χ1) is 6.74. The van der Waals surface area contributed by atoms with Crippen LogP contribution in [0.1, 0.15) is 44.9 Å². The van der Waals surface area contributed by atoms with Gasteiger partial charge in [-0.1, -0.05) is 62.1 Å². The molecule has 84 valence electrons. The van der Waals surface area contributed by atoms with Crippen LogP contribution in [0.5, 0.6) is 0 Å². The summed E-state index contributed by atoms with van der Waals surface area (Å²) >= 11 is 0. The van der Waals surface area contributed by atoms with E-state index in [0.29, 0.717) is 0 Å². The molecular formula is C11H28Si3. The molecule has 0 amide bonds. The first-order valence-corrected chi connectivity index (χ1v) is 10.5. The molecule has 1 aliphatic carbocycles. The average Bonchev–Trinajstić information content (AvgIpc) is 2.19. The highest BCUT2D eigenvalue weighted by Crippen LogP contribution is 2.36. The lowest BCUT2D eigenvalue weighted by molar-refractivity contribution is 0.330. The quantitative estimate of drug-likeness (QED) is 0.616. The summed E-state index contributed by atoms with van der Waals surface area (Å²) in [5.41, 5.74) is 2.34. The van der Waals surface area contributed by atoms with Crippen LogP contribution in [-0.2, 0) is 0 Å². The van der Waals surface area contributed by atoms with Crippen molar-refractivity contribution in [1.82, 2.24) is 0 Å². The predicted octanol–water partition coefficient (Wildman–Crippen LogP) is 0.438. The van der Waals surface area contributed by atoms with Crippen molar-refractivity contribution in [2.24, 2.45) is 5.92 Å². The van der Waals surface area contributed by atoms with Gasteiger partial charge >= 0.3 is 0 Å². The second-order valence-electron chi connectivity index (χ2n) is 5.50. The monoisotopic (exact) mass is 244 g/mol. The molecule has 1 fully saturated rings. The first-order valence-electron chi connectivity index (χ1n) is 6.74. The van der Waals surface area contributed by atoms with Crippen molar-refractivity contribution < 1.29 is 0 Å². The van der Waals surface area contributed by atoms with Crippen LogP contribution in [0.3, 0.4) is 0 Å². The third kappa shape index (κ3) is 4.45. The molecule has 0 bridgehead atoms. The van der Waals surface area contributed by atoms with E-state index in [1.807, 2.05) is 0 Å². The van der Waals surface area contributed by atoms with E-state index in [1.54, 1.807) is 31.7 Å². The summed E-state index contributed by atoms with van der Waals surface area (Å²) in [4.78, 5) is 0. The fourth-order valence-electron chi connectivity index (χ4n) is 3.14. The van der Waals surface area contributed by atoms with E-state index in [2.05, 4.69) is 0 Å². The highest BCUT2D eigenvalue weighted by Gasteiger charge is 2.21. The van der Waals surface area contributed by atoms with Crippen molar-refractivity contribution in [1.29, 1.82) is 0 Å². The first kappa shape index (κ1) is 12.7. The molecule has 0 nitrogen and oxygen atoms in total. The Balaban J connectivity index is 2.21. The molecule has 1 aliphatic rings. The van der Waals surface area contributed by atoms with Gasteiger partial charge in [0.25, 0.3) is 0 Å². The molecule has 0 radical (unpaired) electrons. The fraction of sp³-hybridized carbons (Fsp3) is 1.00. The molecule has 14 heavy (non-hydrogen) atoms. The topological polar surface area (TPSA) is 0 Å². The Hall–Kier alpha value is 0.651. The Morgan fingerprint density at radius 2 is 1.71 bits per heavy atom. The van der Waals surface area contributed by atoms with Gasteiger partial charge < -0.3 is 0 Å². The van der Waals surface area contributed by atoms with Gasteiger partial charge in [-0.25, -0.2) is 0 Å². The molecule has 0 aliphatic heterocycles. The van der Waals surface area contributed by atoms with Gasteiger partial charge in [0.05, 0.1) is 0 Å². The van der Waals surface area contributed by atoms with Crippen LogP contribution in [0.25, 0.3) is 0 Å². The summed E-state index contributed by atoms with van der Waals surface area (Å²) in [5.74, 6) is 1.15. The number of rotatable bonds is 5. The van der Waals surface area contributed by atoms with Crippen LogP contribution in [-0.4, -0.2) is 30.7 Å². The number of hydrogen-bond acceptors (Lipinski definition) is 0. The van der Waals surface area contributed by atoms with Crippen molar-refractivity contribution in [3.8, 4) is 0 Å². The lowest BCUT2D eigenvalue weighted by Gasteiger charge is -2.29. The normalized spacial score (nSPS) is 24.0. The highest BCUT2D eigenvalue weighted by molar-refractivity contribution is 6.15. The Morgan fingerprint density at radius 1 is 1.07 bits per heavy atom. The molecule has 3 heteroatoms. The van der Waals surface area contributed by atoms with Crippen molar-refractivity contribution in [2.75, 3.05) is 0 Å². The maximum atomic E-state index is 1.62. The van der Waals surface area contributed by atoms with Crippen LogP contribution in [0.2, 0.25) is 17.1 Å². The minimum atomic E-state index is 1.15. The van der Waals surface area contributed by atoms with E-state index in [0.717, 1.165) is 11.5 Å². The molecular weight excluding hydrogens is 216 g/mol. The molecule has 0 N–H and O–H groups in total. The maximum absolute atomic E-state index is 1.62. The van der Waals surface area contributed by atoms with Gasteiger partial charge in [-0.2, -0.15) is 0 Å². The van der Waals surface area contributed by atoms with Crippen molar-refractivity contribution in [2.45, 2.75) is 62.1 Å². The molecule has 0 heterocycles. The van der Waals surface area contributed by atoms with Crippen LogP contribution in [0.4, 0.5) is 0 Å². The highest BCUT2D eigenvalue weighted by atomic mass is 28.2. The largest absolute Gasteiger partial charge is 0.0659 e. The zero-order chi connectivity index (χ0) is 10.4. The molecule has 0 aromatic heterocycles. The summed E-state index contributed by atoms with van der Waals surface area (Å²) in [7, 11) is 4.36. The Kier molecular flexibility index (Phi) is 6.37. The molecule has 1 saturated carbocycles. The van der Waals surface area contributed by atoms with Crippen molar-refractivity contribution >= 4 is 30.7 Å². The maximum Gasteiger partial charge on any atom is 0.00707 e. The van der Waals surface area contributed by atoms with Gasteiger partial charge in [0, 0.05) is 30.7 Å². The van der Waals surface area contributed by atoms with Crippen LogP contribution >= 0.6 is 0 Å². The van der Waals surface area contributed by atoms with E-state index in [-0.39, 0.29) is 0 Å². The Bertz CT molecular complexity index is 143. The summed E-state index contributed by atoms with van der Waals surface area (Å²) < 4.78 is 0. The van der Waals surface area contributed by atoms with E-state index >= 15 is 0 Å². The van der Waals surface area contributed by atoms with Gasteiger partial charge in [0.2, 0.25) is 0 Å². The lowest BCUT2D eigenvalue weighted by Crippen LogP contribution is -2.15. The SMILES string of the molecule is [SiH3]CCC([SiH3])CC([SiH3])C1CCCCC1. The third-order valence-corrected chi connectivity index (χ3v) is 7.05. The van der Waals surface area contributed by atoms with E-state index < -0.39 is 0 Å². The standard InChI is InChI=1S/C11H28Si3/c12-7-6-10(13)8-11(14)9-4-2-1-3-5-9/h9-11H,1-8H2,12-14H3. The third-order valence-electron chi connectivity index (χ3n) is 4.01. The van der Waals surface area contributed by atoms with Crippen molar-refractivity contribution in [3.05, 3.63) is 0 Å². The Labute approximate surface area is 98.9 Å². The summed E-state index contributed by atoms with van der Waals surface area (Å²) in [6.45, 7) is 0. The Morgan fingerprint density at radius 3 is 2.29 bits per heavy atom. The molecule has 0 aromatic rings. The fourth-order valence-corrected chi connectivity index (χ4v) is 9.02. The van der Waals surface area contributed by atoms with Crippen LogP contribution < -0.4 is 0 Å². The second-order valence-corrected chi connectivity index (χ2v) is 9.62. The van der Waals surface area contributed by atoms with E-state index in [4.69, 9.17) is 0 Å². The van der Waals surface area contributed by atoms with Gasteiger partial charge in [0.1, 0.15) is 0 Å². The minimum absolute atomic E-state index is 1.15. The summed E-state index contributed by atoms with van der Waals surface area (Å²) in [6, 6.07) is 1.55. The minimum Gasteiger partial charge on any atom is -0.0659 e. The summed E-state index contributed by atoms with van der Waals surface area (Å²) in [6.07, 6.45) is 10.9. The molecule has 2 unspecified atom stereocenters. The zero-order valence-corrected chi connectivity index (χ0v) is 16.4. The molecule has 1 rings (SSSR count). The van der Waals surface area contributed by atoms with E-state index in [1.165, 1.54) is 55.5 Å². The predicted molar refractivity (Wildman–Crippen MR) is 77.9 cm³/mol. The summed E-state index contributed by atoms with van der Waals surface area (Å²) in [5, 5.41) is 0.